The summed E-state index contributed by atoms with van der Waals surface area (Å²) in [6, 6.07) is 8.13. The monoisotopic (exact) mass is 264 g/mol. The van der Waals surface area contributed by atoms with E-state index >= 15 is 0 Å². The molecule has 1 unspecified atom stereocenters. The molecule has 1 aromatic rings. The van der Waals surface area contributed by atoms with Crippen LogP contribution in [0.2, 0.25) is 5.02 Å². The highest BCUT2D eigenvalue weighted by atomic mass is 35.5. The summed E-state index contributed by atoms with van der Waals surface area (Å²) >= 11 is 5.92. The second-order valence-electron chi connectivity index (χ2n) is 4.63. The van der Waals surface area contributed by atoms with Crippen molar-refractivity contribution in [3.63, 3.8) is 0 Å². The van der Waals surface area contributed by atoms with E-state index in [0.717, 1.165) is 37.9 Å². The number of aliphatic hydroxyl groups is 1. The van der Waals surface area contributed by atoms with Gasteiger partial charge in [-0.3, -0.25) is 0 Å². The number of anilines is 1. The summed E-state index contributed by atoms with van der Waals surface area (Å²) in [5.74, 6) is 0. The standard InChI is InChI=1S/C14H17ClN2O/c15-12-5-6-14(11(9-12)10-16)17-7-1-3-13(17)4-2-8-18/h5-6,9,13,18H,1-4,7-8H2. The first-order chi connectivity index (χ1) is 8.76. The summed E-state index contributed by atoms with van der Waals surface area (Å²) in [6.07, 6.45) is 4.07. The third-order valence-electron chi connectivity index (χ3n) is 3.46. The number of hydrogen-bond acceptors (Lipinski definition) is 3. The first-order valence-electron chi connectivity index (χ1n) is 6.33. The summed E-state index contributed by atoms with van der Waals surface area (Å²) in [7, 11) is 0. The highest BCUT2D eigenvalue weighted by Gasteiger charge is 2.25. The molecule has 0 radical (unpaired) electrons. The molecular formula is C14H17ClN2O. The lowest BCUT2D eigenvalue weighted by Crippen LogP contribution is -2.29. The number of rotatable bonds is 4. The summed E-state index contributed by atoms with van der Waals surface area (Å²) < 4.78 is 0. The van der Waals surface area contributed by atoms with Crippen LogP contribution in [0.3, 0.4) is 0 Å². The molecule has 1 aromatic carbocycles. The van der Waals surface area contributed by atoms with E-state index in [0.29, 0.717) is 16.6 Å². The van der Waals surface area contributed by atoms with Gasteiger partial charge in [-0.15, -0.1) is 0 Å². The molecule has 96 valence electrons. The first kappa shape index (κ1) is 13.2. The Morgan fingerprint density at radius 1 is 1.50 bits per heavy atom. The number of benzene rings is 1. The zero-order chi connectivity index (χ0) is 13.0. The Kier molecular flexibility index (Phi) is 4.46. The van der Waals surface area contributed by atoms with Crippen molar-refractivity contribution in [2.45, 2.75) is 31.7 Å². The van der Waals surface area contributed by atoms with Crippen molar-refractivity contribution in [3.8, 4) is 6.07 Å². The van der Waals surface area contributed by atoms with Crippen LogP contribution in [0, 0.1) is 11.3 Å². The molecule has 1 fully saturated rings. The maximum Gasteiger partial charge on any atom is 0.101 e. The fraction of sp³-hybridized carbons (Fsp3) is 0.500. The van der Waals surface area contributed by atoms with Crippen LogP contribution in [-0.4, -0.2) is 24.3 Å². The molecule has 1 aliphatic heterocycles. The average molecular weight is 265 g/mol. The Hall–Kier alpha value is -1.24. The van der Waals surface area contributed by atoms with Gasteiger partial charge >= 0.3 is 0 Å². The number of nitriles is 1. The van der Waals surface area contributed by atoms with Gasteiger partial charge in [0.1, 0.15) is 6.07 Å². The van der Waals surface area contributed by atoms with Crippen molar-refractivity contribution in [1.82, 2.24) is 0 Å². The molecule has 18 heavy (non-hydrogen) atoms. The molecule has 3 nitrogen and oxygen atoms in total. The topological polar surface area (TPSA) is 47.3 Å². The predicted molar refractivity (Wildman–Crippen MR) is 72.9 cm³/mol. The molecule has 4 heteroatoms. The number of hydrogen-bond donors (Lipinski definition) is 1. The van der Waals surface area contributed by atoms with E-state index in [1.807, 2.05) is 12.1 Å². The van der Waals surface area contributed by atoms with Crippen molar-refractivity contribution in [2.75, 3.05) is 18.1 Å². The molecule has 0 amide bonds. The fourth-order valence-electron chi connectivity index (χ4n) is 2.63. The Morgan fingerprint density at radius 2 is 2.33 bits per heavy atom. The largest absolute Gasteiger partial charge is 0.396 e. The van der Waals surface area contributed by atoms with E-state index in [9.17, 15) is 5.26 Å². The molecule has 1 aliphatic rings. The van der Waals surface area contributed by atoms with Gasteiger partial charge in [-0.2, -0.15) is 5.26 Å². The lowest BCUT2D eigenvalue weighted by atomic mass is 10.1. The Balaban J connectivity index is 2.22. The van der Waals surface area contributed by atoms with Crippen LogP contribution in [0.4, 0.5) is 5.69 Å². The summed E-state index contributed by atoms with van der Waals surface area (Å²) in [4.78, 5) is 2.28. The van der Waals surface area contributed by atoms with Gasteiger partial charge in [-0.05, 0) is 43.9 Å². The Bertz CT molecular complexity index is 456. The molecule has 1 N–H and O–H groups in total. The minimum atomic E-state index is 0.232. The molecule has 0 aliphatic carbocycles. The molecule has 1 saturated heterocycles. The van der Waals surface area contributed by atoms with Gasteiger partial charge in [0.05, 0.1) is 11.3 Å². The minimum absolute atomic E-state index is 0.232. The Labute approximate surface area is 113 Å². The van der Waals surface area contributed by atoms with Crippen molar-refractivity contribution in [1.29, 1.82) is 5.26 Å². The van der Waals surface area contributed by atoms with Crippen LogP contribution >= 0.6 is 11.6 Å². The van der Waals surface area contributed by atoms with Gasteiger partial charge in [0.2, 0.25) is 0 Å². The summed E-state index contributed by atoms with van der Waals surface area (Å²) in [6.45, 7) is 1.21. The molecule has 2 rings (SSSR count). The smallest absolute Gasteiger partial charge is 0.101 e. The Morgan fingerprint density at radius 3 is 3.06 bits per heavy atom. The molecular weight excluding hydrogens is 248 g/mol. The maximum absolute atomic E-state index is 9.19. The lowest BCUT2D eigenvalue weighted by molar-refractivity contribution is 0.279. The summed E-state index contributed by atoms with van der Waals surface area (Å²) in [5, 5.41) is 18.7. The molecule has 1 heterocycles. The van der Waals surface area contributed by atoms with E-state index in [2.05, 4.69) is 11.0 Å². The van der Waals surface area contributed by atoms with E-state index in [1.54, 1.807) is 6.07 Å². The molecule has 0 aromatic heterocycles. The van der Waals surface area contributed by atoms with Crippen molar-refractivity contribution < 1.29 is 5.11 Å². The van der Waals surface area contributed by atoms with Crippen LogP contribution in [0.25, 0.3) is 0 Å². The SMILES string of the molecule is N#Cc1cc(Cl)ccc1N1CCCC1CCCO. The van der Waals surface area contributed by atoms with Gasteiger partial charge in [0.25, 0.3) is 0 Å². The van der Waals surface area contributed by atoms with E-state index in [4.69, 9.17) is 16.7 Å². The third kappa shape index (κ3) is 2.77. The normalized spacial score (nSPS) is 18.9. The number of nitrogens with zero attached hydrogens (tertiary/aromatic N) is 2. The first-order valence-corrected chi connectivity index (χ1v) is 6.71. The van der Waals surface area contributed by atoms with Gasteiger partial charge in [-0.25, -0.2) is 0 Å². The van der Waals surface area contributed by atoms with Crippen LogP contribution in [0.5, 0.6) is 0 Å². The summed E-state index contributed by atoms with van der Waals surface area (Å²) in [5.41, 5.74) is 1.61. The molecule has 1 atom stereocenters. The lowest BCUT2D eigenvalue weighted by Gasteiger charge is -2.27. The van der Waals surface area contributed by atoms with Crippen molar-refractivity contribution in [2.24, 2.45) is 0 Å². The predicted octanol–water partition coefficient (Wildman–Crippen LogP) is 2.95. The van der Waals surface area contributed by atoms with E-state index in [-0.39, 0.29) is 6.61 Å². The molecule has 0 saturated carbocycles. The highest BCUT2D eigenvalue weighted by molar-refractivity contribution is 6.30. The van der Waals surface area contributed by atoms with Gasteiger partial charge in [0.15, 0.2) is 0 Å². The zero-order valence-electron chi connectivity index (χ0n) is 10.3. The second kappa shape index (κ2) is 6.08. The van der Waals surface area contributed by atoms with Crippen LogP contribution < -0.4 is 4.90 Å². The second-order valence-corrected chi connectivity index (χ2v) is 5.06. The maximum atomic E-state index is 9.19. The van der Waals surface area contributed by atoms with Gasteiger partial charge in [-0.1, -0.05) is 11.6 Å². The number of halogens is 1. The van der Waals surface area contributed by atoms with E-state index in [1.165, 1.54) is 0 Å². The average Bonchev–Trinajstić information content (AvgIpc) is 2.84. The van der Waals surface area contributed by atoms with E-state index < -0.39 is 0 Å². The quantitative estimate of drug-likeness (QED) is 0.910. The van der Waals surface area contributed by atoms with Crippen molar-refractivity contribution in [3.05, 3.63) is 28.8 Å². The minimum Gasteiger partial charge on any atom is -0.396 e. The third-order valence-corrected chi connectivity index (χ3v) is 3.70. The molecule has 0 spiro atoms. The number of aliphatic hydroxyl groups excluding tert-OH is 1. The van der Waals surface area contributed by atoms with Gasteiger partial charge < -0.3 is 10.0 Å². The molecule has 0 bridgehead atoms. The highest BCUT2D eigenvalue weighted by Crippen LogP contribution is 2.31. The fourth-order valence-corrected chi connectivity index (χ4v) is 2.80. The van der Waals surface area contributed by atoms with Crippen LogP contribution in [0.15, 0.2) is 18.2 Å². The van der Waals surface area contributed by atoms with Crippen molar-refractivity contribution >= 4 is 17.3 Å². The van der Waals surface area contributed by atoms with Gasteiger partial charge in [0, 0.05) is 24.2 Å². The van der Waals surface area contributed by atoms with Crippen LogP contribution in [-0.2, 0) is 0 Å². The van der Waals surface area contributed by atoms with Crippen LogP contribution in [0.1, 0.15) is 31.2 Å². The zero-order valence-corrected chi connectivity index (χ0v) is 11.0.